The standard InChI is InChI=1S/C18H23FN4O2/c1-11-9-13(19)6-7-14(11)23-10-16(24)17(21-23)18(25)22-8-4-3-5-15(22)12(2)20/h6-7,9-10,12,15,24H,3-5,8,20H2,1-2H3. The molecule has 2 unspecified atom stereocenters. The van der Waals surface area contributed by atoms with Gasteiger partial charge in [-0.15, -0.1) is 0 Å². The fourth-order valence-corrected chi connectivity index (χ4v) is 3.41. The van der Waals surface area contributed by atoms with E-state index < -0.39 is 0 Å². The number of hydrogen-bond acceptors (Lipinski definition) is 4. The lowest BCUT2D eigenvalue weighted by molar-refractivity contribution is 0.0574. The predicted octanol–water partition coefficient (Wildman–Crippen LogP) is 2.37. The van der Waals surface area contributed by atoms with Crippen molar-refractivity contribution < 1.29 is 14.3 Å². The number of amides is 1. The van der Waals surface area contributed by atoms with Crippen LogP contribution in [-0.4, -0.2) is 44.3 Å². The highest BCUT2D eigenvalue weighted by atomic mass is 19.1. The summed E-state index contributed by atoms with van der Waals surface area (Å²) in [4.78, 5) is 14.6. The molecular formula is C18H23FN4O2. The van der Waals surface area contributed by atoms with Crippen LogP contribution in [0.5, 0.6) is 5.75 Å². The monoisotopic (exact) mass is 346 g/mol. The first-order valence-corrected chi connectivity index (χ1v) is 8.50. The predicted molar refractivity (Wildman–Crippen MR) is 92.2 cm³/mol. The van der Waals surface area contributed by atoms with Crippen LogP contribution in [0.15, 0.2) is 24.4 Å². The molecule has 25 heavy (non-hydrogen) atoms. The summed E-state index contributed by atoms with van der Waals surface area (Å²) in [6.07, 6.45) is 4.17. The molecule has 0 aliphatic carbocycles. The first-order chi connectivity index (χ1) is 11.9. The van der Waals surface area contributed by atoms with Gasteiger partial charge in [-0.3, -0.25) is 4.79 Å². The molecule has 3 N–H and O–H groups in total. The number of benzene rings is 1. The van der Waals surface area contributed by atoms with Crippen LogP contribution >= 0.6 is 0 Å². The first kappa shape index (κ1) is 17.4. The minimum absolute atomic E-state index is 0.00345. The van der Waals surface area contributed by atoms with Gasteiger partial charge in [0.25, 0.3) is 5.91 Å². The average molecular weight is 346 g/mol. The molecule has 1 aliphatic rings. The minimum atomic E-state index is -0.345. The third-order valence-electron chi connectivity index (χ3n) is 4.72. The average Bonchev–Trinajstić information content (AvgIpc) is 2.95. The number of carbonyl (C=O) groups excluding carboxylic acids is 1. The lowest BCUT2D eigenvalue weighted by atomic mass is 9.96. The van der Waals surface area contributed by atoms with Gasteiger partial charge in [-0.2, -0.15) is 5.10 Å². The summed E-state index contributed by atoms with van der Waals surface area (Å²) < 4.78 is 14.7. The van der Waals surface area contributed by atoms with Crippen molar-refractivity contribution in [2.24, 2.45) is 5.73 Å². The second-order valence-electron chi connectivity index (χ2n) is 6.66. The van der Waals surface area contributed by atoms with Gasteiger partial charge in [-0.1, -0.05) is 0 Å². The molecule has 1 aromatic heterocycles. The number of carbonyl (C=O) groups is 1. The van der Waals surface area contributed by atoms with E-state index in [2.05, 4.69) is 5.10 Å². The van der Waals surface area contributed by atoms with Crippen molar-refractivity contribution in [3.8, 4) is 11.4 Å². The van der Waals surface area contributed by atoms with Gasteiger partial charge in [-0.05, 0) is 56.9 Å². The van der Waals surface area contributed by atoms with Crippen LogP contribution < -0.4 is 5.73 Å². The zero-order valence-corrected chi connectivity index (χ0v) is 14.4. The maximum atomic E-state index is 13.3. The molecule has 134 valence electrons. The molecule has 2 aromatic rings. The molecule has 2 atom stereocenters. The van der Waals surface area contributed by atoms with Gasteiger partial charge in [-0.25, -0.2) is 9.07 Å². The number of nitrogens with two attached hydrogens (primary N) is 1. The zero-order valence-electron chi connectivity index (χ0n) is 14.4. The first-order valence-electron chi connectivity index (χ1n) is 8.50. The van der Waals surface area contributed by atoms with Gasteiger partial charge < -0.3 is 15.7 Å². The van der Waals surface area contributed by atoms with E-state index in [1.54, 1.807) is 17.9 Å². The molecular weight excluding hydrogens is 323 g/mol. The van der Waals surface area contributed by atoms with Gasteiger partial charge in [0.1, 0.15) is 5.82 Å². The van der Waals surface area contributed by atoms with E-state index in [0.717, 1.165) is 19.3 Å². The van der Waals surface area contributed by atoms with Crippen molar-refractivity contribution in [2.45, 2.75) is 45.2 Å². The van der Waals surface area contributed by atoms with E-state index in [1.165, 1.54) is 23.0 Å². The number of rotatable bonds is 3. The van der Waals surface area contributed by atoms with Crippen molar-refractivity contribution in [1.29, 1.82) is 0 Å². The van der Waals surface area contributed by atoms with Crippen molar-refractivity contribution in [3.63, 3.8) is 0 Å². The van der Waals surface area contributed by atoms with Gasteiger partial charge in [0, 0.05) is 18.6 Å². The number of halogens is 1. The summed E-state index contributed by atoms with van der Waals surface area (Å²) in [6.45, 7) is 4.24. The maximum absolute atomic E-state index is 13.3. The van der Waals surface area contributed by atoms with Crippen LogP contribution in [0.1, 0.15) is 42.2 Å². The number of piperidine rings is 1. The number of aromatic nitrogens is 2. The SMILES string of the molecule is Cc1cc(F)ccc1-n1cc(O)c(C(=O)N2CCCCC2C(C)N)n1. The molecule has 1 amide bonds. The Morgan fingerprint density at radius 1 is 1.44 bits per heavy atom. The molecule has 1 aromatic carbocycles. The second-order valence-corrected chi connectivity index (χ2v) is 6.66. The second kappa shape index (κ2) is 6.84. The van der Waals surface area contributed by atoms with E-state index >= 15 is 0 Å². The van der Waals surface area contributed by atoms with E-state index in [-0.39, 0.29) is 35.3 Å². The third-order valence-corrected chi connectivity index (χ3v) is 4.72. The number of nitrogens with zero attached hydrogens (tertiary/aromatic N) is 3. The fourth-order valence-electron chi connectivity index (χ4n) is 3.41. The van der Waals surface area contributed by atoms with Crippen molar-refractivity contribution in [2.75, 3.05) is 6.54 Å². The molecule has 0 spiro atoms. The number of likely N-dealkylation sites (tertiary alicyclic amines) is 1. The van der Waals surface area contributed by atoms with Gasteiger partial charge >= 0.3 is 0 Å². The number of aromatic hydroxyl groups is 1. The van der Waals surface area contributed by atoms with Crippen molar-refractivity contribution >= 4 is 5.91 Å². The normalized spacial score (nSPS) is 19.0. The molecule has 6 nitrogen and oxygen atoms in total. The highest BCUT2D eigenvalue weighted by Gasteiger charge is 2.32. The van der Waals surface area contributed by atoms with Crippen LogP contribution in [0.25, 0.3) is 5.69 Å². The van der Waals surface area contributed by atoms with Gasteiger partial charge in [0.05, 0.1) is 11.9 Å². The van der Waals surface area contributed by atoms with Crippen molar-refractivity contribution in [1.82, 2.24) is 14.7 Å². The van der Waals surface area contributed by atoms with Crippen LogP contribution in [0, 0.1) is 12.7 Å². The highest BCUT2D eigenvalue weighted by Crippen LogP contribution is 2.26. The quantitative estimate of drug-likeness (QED) is 0.894. The van der Waals surface area contributed by atoms with Crippen molar-refractivity contribution in [3.05, 3.63) is 41.5 Å². The van der Waals surface area contributed by atoms with Crippen LogP contribution in [-0.2, 0) is 0 Å². The summed E-state index contributed by atoms with van der Waals surface area (Å²) in [6, 6.07) is 4.06. The molecule has 1 aliphatic heterocycles. The zero-order chi connectivity index (χ0) is 18.1. The summed E-state index contributed by atoms with van der Waals surface area (Å²) in [5.41, 5.74) is 7.29. The Balaban J connectivity index is 1.93. The molecule has 7 heteroatoms. The van der Waals surface area contributed by atoms with Crippen LogP contribution in [0.4, 0.5) is 4.39 Å². The Morgan fingerprint density at radius 2 is 2.20 bits per heavy atom. The molecule has 1 saturated heterocycles. The number of aryl methyl sites for hydroxylation is 1. The molecule has 2 heterocycles. The molecule has 0 saturated carbocycles. The Morgan fingerprint density at radius 3 is 2.88 bits per heavy atom. The van der Waals surface area contributed by atoms with Crippen LogP contribution in [0.2, 0.25) is 0 Å². The summed E-state index contributed by atoms with van der Waals surface area (Å²) >= 11 is 0. The van der Waals surface area contributed by atoms with Crippen LogP contribution in [0.3, 0.4) is 0 Å². The Kier molecular flexibility index (Phi) is 4.76. The lowest BCUT2D eigenvalue weighted by Gasteiger charge is -2.37. The topological polar surface area (TPSA) is 84.4 Å². The highest BCUT2D eigenvalue weighted by molar-refractivity contribution is 5.95. The van der Waals surface area contributed by atoms with E-state index in [4.69, 9.17) is 5.73 Å². The largest absolute Gasteiger partial charge is 0.504 e. The van der Waals surface area contributed by atoms with Gasteiger partial charge in [0.15, 0.2) is 11.4 Å². The third kappa shape index (κ3) is 3.37. The van der Waals surface area contributed by atoms with E-state index in [0.29, 0.717) is 17.8 Å². The molecule has 0 bridgehead atoms. The Labute approximate surface area is 146 Å². The van der Waals surface area contributed by atoms with E-state index in [9.17, 15) is 14.3 Å². The number of hydrogen-bond donors (Lipinski definition) is 2. The summed E-state index contributed by atoms with van der Waals surface area (Å²) in [7, 11) is 0. The van der Waals surface area contributed by atoms with Gasteiger partial charge in [0.2, 0.25) is 0 Å². The molecule has 0 radical (unpaired) electrons. The Hall–Kier alpha value is -2.41. The maximum Gasteiger partial charge on any atom is 0.278 e. The Bertz CT molecular complexity index is 787. The summed E-state index contributed by atoms with van der Waals surface area (Å²) in [5, 5.41) is 14.5. The fraction of sp³-hybridized carbons (Fsp3) is 0.444. The smallest absolute Gasteiger partial charge is 0.278 e. The lowest BCUT2D eigenvalue weighted by Crippen LogP contribution is -2.51. The van der Waals surface area contributed by atoms with E-state index in [1.807, 2.05) is 6.92 Å². The molecule has 1 fully saturated rings. The minimum Gasteiger partial charge on any atom is -0.504 e. The summed E-state index contributed by atoms with van der Waals surface area (Å²) in [5.74, 6) is -0.859. The molecule has 3 rings (SSSR count).